The summed E-state index contributed by atoms with van der Waals surface area (Å²) >= 11 is 0. The van der Waals surface area contributed by atoms with Crippen LogP contribution in [0.4, 0.5) is 0 Å². The van der Waals surface area contributed by atoms with E-state index in [4.69, 9.17) is 0 Å². The van der Waals surface area contributed by atoms with E-state index < -0.39 is 0 Å². The molecule has 1 N–H and O–H groups in total. The van der Waals surface area contributed by atoms with Gasteiger partial charge in [0.05, 0.1) is 6.54 Å². The molecule has 3 nitrogen and oxygen atoms in total. The van der Waals surface area contributed by atoms with Gasteiger partial charge in [-0.2, -0.15) is 0 Å². The van der Waals surface area contributed by atoms with Crippen molar-refractivity contribution in [3.05, 3.63) is 35.4 Å². The van der Waals surface area contributed by atoms with E-state index in [1.54, 1.807) is 0 Å². The zero-order chi connectivity index (χ0) is 13.0. The summed E-state index contributed by atoms with van der Waals surface area (Å²) in [5.74, 6) is 0.190. The summed E-state index contributed by atoms with van der Waals surface area (Å²) in [6.07, 6.45) is 3.37. The van der Waals surface area contributed by atoms with Crippen LogP contribution in [0.2, 0.25) is 0 Å². The number of nitrogens with one attached hydrogen (secondary N) is 1. The minimum atomic E-state index is 0.190. The maximum absolute atomic E-state index is 11.8. The summed E-state index contributed by atoms with van der Waals surface area (Å²) in [7, 11) is 1.88. The largest absolute Gasteiger partial charge is 0.344 e. The second kappa shape index (κ2) is 6.01. The highest BCUT2D eigenvalue weighted by Gasteiger charge is 2.21. The van der Waals surface area contributed by atoms with Gasteiger partial charge in [-0.25, -0.2) is 0 Å². The third-order valence-electron chi connectivity index (χ3n) is 3.52. The molecule has 0 aromatic heterocycles. The molecule has 0 atom stereocenters. The normalized spacial score (nSPS) is 14.6. The number of rotatable bonds is 6. The van der Waals surface area contributed by atoms with Gasteiger partial charge in [0.25, 0.3) is 0 Å². The van der Waals surface area contributed by atoms with E-state index in [-0.39, 0.29) is 5.91 Å². The maximum atomic E-state index is 11.8. The van der Waals surface area contributed by atoms with Crippen molar-refractivity contribution in [3.63, 3.8) is 0 Å². The zero-order valence-corrected chi connectivity index (χ0v) is 11.3. The lowest BCUT2D eigenvalue weighted by Crippen LogP contribution is -2.37. The lowest BCUT2D eigenvalue weighted by atomic mass is 10.1. The Morgan fingerprint density at radius 3 is 2.78 bits per heavy atom. The van der Waals surface area contributed by atoms with Gasteiger partial charge in [-0.15, -0.1) is 0 Å². The molecule has 0 unspecified atom stereocenters. The van der Waals surface area contributed by atoms with E-state index in [1.165, 1.54) is 24.0 Å². The Bertz CT molecular complexity index is 413. The molecule has 1 aliphatic carbocycles. The molecule has 0 saturated heterocycles. The van der Waals surface area contributed by atoms with Gasteiger partial charge in [0.2, 0.25) is 5.91 Å². The van der Waals surface area contributed by atoms with Crippen LogP contribution in [0.5, 0.6) is 0 Å². The van der Waals surface area contributed by atoms with Crippen molar-refractivity contribution in [2.45, 2.75) is 32.2 Å². The zero-order valence-electron chi connectivity index (χ0n) is 11.3. The van der Waals surface area contributed by atoms with Gasteiger partial charge < -0.3 is 10.2 Å². The minimum Gasteiger partial charge on any atom is -0.344 e. The standard InChI is InChI=1S/C15H22N2O/c1-12-5-3-4-6-13(12)9-10-17(2)15(18)11-16-14-7-8-14/h3-6,14,16H,7-11H2,1-2H3. The van der Waals surface area contributed by atoms with Crippen LogP contribution in [0.3, 0.4) is 0 Å². The van der Waals surface area contributed by atoms with E-state index in [0.29, 0.717) is 12.6 Å². The van der Waals surface area contributed by atoms with Gasteiger partial charge in [-0.3, -0.25) is 4.79 Å². The van der Waals surface area contributed by atoms with Gasteiger partial charge in [0, 0.05) is 19.6 Å². The third kappa shape index (κ3) is 3.84. The van der Waals surface area contributed by atoms with E-state index >= 15 is 0 Å². The van der Waals surface area contributed by atoms with Crippen molar-refractivity contribution in [2.75, 3.05) is 20.1 Å². The summed E-state index contributed by atoms with van der Waals surface area (Å²) in [5, 5.41) is 3.26. The maximum Gasteiger partial charge on any atom is 0.236 e. The molecule has 3 heteroatoms. The Hall–Kier alpha value is -1.35. The Morgan fingerprint density at radius 2 is 2.11 bits per heavy atom. The molecule has 98 valence electrons. The van der Waals surface area contributed by atoms with E-state index in [0.717, 1.165) is 13.0 Å². The molecule has 0 aliphatic heterocycles. The van der Waals surface area contributed by atoms with Crippen molar-refractivity contribution in [3.8, 4) is 0 Å². The Balaban J connectivity index is 1.74. The summed E-state index contributed by atoms with van der Waals surface area (Å²) in [5.41, 5.74) is 2.63. The number of amides is 1. The van der Waals surface area contributed by atoms with Crippen LogP contribution in [-0.2, 0) is 11.2 Å². The minimum absolute atomic E-state index is 0.190. The number of aryl methyl sites for hydroxylation is 1. The van der Waals surface area contributed by atoms with Gasteiger partial charge in [-0.05, 0) is 37.3 Å². The number of carbonyl (C=O) groups is 1. The number of likely N-dealkylation sites (N-methyl/N-ethyl adjacent to an activating group) is 1. The first-order valence-electron chi connectivity index (χ1n) is 6.68. The van der Waals surface area contributed by atoms with Gasteiger partial charge in [0.1, 0.15) is 0 Å². The fraction of sp³-hybridized carbons (Fsp3) is 0.533. The van der Waals surface area contributed by atoms with Crippen LogP contribution in [0, 0.1) is 6.92 Å². The molecule has 1 aliphatic rings. The highest BCUT2D eigenvalue weighted by atomic mass is 16.2. The first-order chi connectivity index (χ1) is 8.66. The van der Waals surface area contributed by atoms with Crippen molar-refractivity contribution in [2.24, 2.45) is 0 Å². The summed E-state index contributed by atoms with van der Waals surface area (Å²) in [6.45, 7) is 3.39. The fourth-order valence-electron chi connectivity index (χ4n) is 1.96. The lowest BCUT2D eigenvalue weighted by Gasteiger charge is -2.18. The fourth-order valence-corrected chi connectivity index (χ4v) is 1.96. The van der Waals surface area contributed by atoms with Crippen LogP contribution in [0.1, 0.15) is 24.0 Å². The van der Waals surface area contributed by atoms with Crippen molar-refractivity contribution >= 4 is 5.91 Å². The molecule has 0 radical (unpaired) electrons. The quantitative estimate of drug-likeness (QED) is 0.829. The lowest BCUT2D eigenvalue weighted by molar-refractivity contribution is -0.128. The van der Waals surface area contributed by atoms with Crippen molar-refractivity contribution in [1.82, 2.24) is 10.2 Å². The predicted molar refractivity (Wildman–Crippen MR) is 73.5 cm³/mol. The molecule has 0 bridgehead atoms. The summed E-state index contributed by atoms with van der Waals surface area (Å²) in [6, 6.07) is 8.95. The van der Waals surface area contributed by atoms with E-state index in [9.17, 15) is 4.79 Å². The smallest absolute Gasteiger partial charge is 0.236 e. The second-order valence-electron chi connectivity index (χ2n) is 5.15. The molecule has 1 amide bonds. The number of carbonyl (C=O) groups excluding carboxylic acids is 1. The second-order valence-corrected chi connectivity index (χ2v) is 5.15. The highest BCUT2D eigenvalue weighted by molar-refractivity contribution is 5.78. The summed E-state index contributed by atoms with van der Waals surface area (Å²) < 4.78 is 0. The molecule has 1 aromatic rings. The molecule has 0 spiro atoms. The number of nitrogens with zero attached hydrogens (tertiary/aromatic N) is 1. The van der Waals surface area contributed by atoms with Crippen LogP contribution in [0.15, 0.2) is 24.3 Å². The first-order valence-corrected chi connectivity index (χ1v) is 6.68. The molecule has 1 fully saturated rings. The average molecular weight is 246 g/mol. The molecule has 18 heavy (non-hydrogen) atoms. The van der Waals surface area contributed by atoms with Crippen molar-refractivity contribution in [1.29, 1.82) is 0 Å². The molecule has 0 heterocycles. The Labute approximate surface area is 109 Å². The SMILES string of the molecule is Cc1ccccc1CCN(C)C(=O)CNC1CC1. The predicted octanol–water partition coefficient (Wildman–Crippen LogP) is 1.75. The average Bonchev–Trinajstić information content (AvgIpc) is 3.18. The number of hydrogen-bond donors (Lipinski definition) is 1. The molecule has 1 saturated carbocycles. The van der Waals surface area contributed by atoms with Crippen LogP contribution in [0.25, 0.3) is 0 Å². The topological polar surface area (TPSA) is 32.3 Å². The van der Waals surface area contributed by atoms with Gasteiger partial charge in [0.15, 0.2) is 0 Å². The number of benzene rings is 1. The van der Waals surface area contributed by atoms with Crippen LogP contribution >= 0.6 is 0 Å². The first kappa shape index (κ1) is 13.1. The Kier molecular flexibility index (Phi) is 4.37. The molecule has 2 rings (SSSR count). The third-order valence-corrected chi connectivity index (χ3v) is 3.52. The monoisotopic (exact) mass is 246 g/mol. The molecular weight excluding hydrogens is 224 g/mol. The van der Waals surface area contributed by atoms with E-state index in [2.05, 4.69) is 30.4 Å². The molecule has 1 aromatic carbocycles. The van der Waals surface area contributed by atoms with Crippen molar-refractivity contribution < 1.29 is 4.79 Å². The van der Waals surface area contributed by atoms with Crippen LogP contribution in [-0.4, -0.2) is 37.0 Å². The van der Waals surface area contributed by atoms with Crippen LogP contribution < -0.4 is 5.32 Å². The highest BCUT2D eigenvalue weighted by Crippen LogP contribution is 2.18. The summed E-state index contributed by atoms with van der Waals surface area (Å²) in [4.78, 5) is 13.7. The van der Waals surface area contributed by atoms with Gasteiger partial charge >= 0.3 is 0 Å². The molecular formula is C15H22N2O. The van der Waals surface area contributed by atoms with E-state index in [1.807, 2.05) is 18.0 Å². The number of hydrogen-bond acceptors (Lipinski definition) is 2. The Morgan fingerprint density at radius 1 is 1.39 bits per heavy atom. The van der Waals surface area contributed by atoms with Gasteiger partial charge in [-0.1, -0.05) is 24.3 Å².